The number of nitrogens with zero attached hydrogens (tertiary/aromatic N) is 2. The molecular weight excluding hydrogens is 298 g/mol. The third-order valence-electron chi connectivity index (χ3n) is 4.86. The minimum atomic E-state index is 0.0693. The van der Waals surface area contributed by atoms with Crippen LogP contribution in [0.15, 0.2) is 30.3 Å². The molecule has 0 bridgehead atoms. The molecule has 1 aliphatic carbocycles. The van der Waals surface area contributed by atoms with Crippen molar-refractivity contribution in [3.05, 3.63) is 52.8 Å². The Balaban J connectivity index is 1.78. The smallest absolute Gasteiger partial charge is 0.274 e. The standard InChI is InChI=1S/C20H27N3O/c1-3-7-17-14-19(22-21-17)20(24)23(12-4-2)18-11-10-15-8-5-6-9-16(15)13-18/h5-6,8-9,14,18H,3-4,7,10-13H2,1-2H3,(H,21,22). The molecule has 0 radical (unpaired) electrons. The molecule has 128 valence electrons. The zero-order valence-electron chi connectivity index (χ0n) is 14.7. The molecule has 1 aromatic carbocycles. The lowest BCUT2D eigenvalue weighted by atomic mass is 9.87. The summed E-state index contributed by atoms with van der Waals surface area (Å²) in [5, 5.41) is 7.27. The molecule has 1 amide bonds. The van der Waals surface area contributed by atoms with Crippen molar-refractivity contribution in [3.8, 4) is 0 Å². The normalized spacial score (nSPS) is 16.7. The van der Waals surface area contributed by atoms with Crippen LogP contribution < -0.4 is 0 Å². The van der Waals surface area contributed by atoms with E-state index >= 15 is 0 Å². The molecule has 0 saturated carbocycles. The van der Waals surface area contributed by atoms with Crippen LogP contribution in [0.3, 0.4) is 0 Å². The molecule has 0 aliphatic heterocycles. The first kappa shape index (κ1) is 16.7. The van der Waals surface area contributed by atoms with Crippen LogP contribution in [0.1, 0.15) is 60.4 Å². The molecule has 0 saturated heterocycles. The van der Waals surface area contributed by atoms with Crippen molar-refractivity contribution >= 4 is 5.91 Å². The molecule has 24 heavy (non-hydrogen) atoms. The fourth-order valence-corrected chi connectivity index (χ4v) is 3.65. The summed E-state index contributed by atoms with van der Waals surface area (Å²) in [7, 11) is 0. The van der Waals surface area contributed by atoms with Gasteiger partial charge in [0.25, 0.3) is 5.91 Å². The second-order valence-corrected chi connectivity index (χ2v) is 6.69. The second kappa shape index (κ2) is 7.65. The Morgan fingerprint density at radius 1 is 1.25 bits per heavy atom. The van der Waals surface area contributed by atoms with E-state index in [0.29, 0.717) is 5.69 Å². The van der Waals surface area contributed by atoms with E-state index in [-0.39, 0.29) is 11.9 Å². The molecule has 0 spiro atoms. The van der Waals surface area contributed by atoms with E-state index in [9.17, 15) is 4.79 Å². The number of aryl methyl sites for hydroxylation is 2. The Kier molecular flexibility index (Phi) is 5.34. The maximum absolute atomic E-state index is 13.0. The summed E-state index contributed by atoms with van der Waals surface area (Å²) in [6.45, 7) is 5.05. The zero-order chi connectivity index (χ0) is 16.9. The lowest BCUT2D eigenvalue weighted by Crippen LogP contribution is -2.44. The number of H-pyrrole nitrogens is 1. The Hall–Kier alpha value is -2.10. The summed E-state index contributed by atoms with van der Waals surface area (Å²) in [6, 6.07) is 10.8. The molecular formula is C20H27N3O. The van der Waals surface area contributed by atoms with E-state index in [2.05, 4.69) is 48.3 Å². The van der Waals surface area contributed by atoms with Gasteiger partial charge in [-0.3, -0.25) is 9.89 Å². The maximum Gasteiger partial charge on any atom is 0.274 e. The third kappa shape index (κ3) is 3.53. The van der Waals surface area contributed by atoms with Crippen LogP contribution in [0.4, 0.5) is 0 Å². The number of carbonyl (C=O) groups is 1. The topological polar surface area (TPSA) is 49.0 Å². The van der Waals surface area contributed by atoms with Gasteiger partial charge in [0.1, 0.15) is 5.69 Å². The highest BCUT2D eigenvalue weighted by Crippen LogP contribution is 2.25. The van der Waals surface area contributed by atoms with Gasteiger partial charge in [-0.25, -0.2) is 0 Å². The highest BCUT2D eigenvalue weighted by molar-refractivity contribution is 5.92. The number of nitrogens with one attached hydrogen (secondary N) is 1. The van der Waals surface area contributed by atoms with E-state index in [4.69, 9.17) is 0 Å². The summed E-state index contributed by atoms with van der Waals surface area (Å²) >= 11 is 0. The van der Waals surface area contributed by atoms with E-state index in [1.165, 1.54) is 11.1 Å². The largest absolute Gasteiger partial charge is 0.334 e. The highest BCUT2D eigenvalue weighted by atomic mass is 16.2. The van der Waals surface area contributed by atoms with Crippen LogP contribution in [0.25, 0.3) is 0 Å². The fourth-order valence-electron chi connectivity index (χ4n) is 3.65. The Morgan fingerprint density at radius 3 is 2.79 bits per heavy atom. The van der Waals surface area contributed by atoms with Crippen LogP contribution in [0, 0.1) is 0 Å². The quantitative estimate of drug-likeness (QED) is 0.879. The van der Waals surface area contributed by atoms with Crippen molar-refractivity contribution in [2.45, 2.75) is 58.4 Å². The predicted molar refractivity (Wildman–Crippen MR) is 96.2 cm³/mol. The number of hydrogen-bond acceptors (Lipinski definition) is 2. The van der Waals surface area contributed by atoms with E-state index in [1.807, 2.05) is 11.0 Å². The first-order valence-electron chi connectivity index (χ1n) is 9.15. The summed E-state index contributed by atoms with van der Waals surface area (Å²) in [4.78, 5) is 15.1. The SMILES string of the molecule is CCCc1cc(C(=O)N(CCC)C2CCc3ccccc3C2)n[nH]1. The van der Waals surface area contributed by atoms with Crippen molar-refractivity contribution in [2.24, 2.45) is 0 Å². The monoisotopic (exact) mass is 325 g/mol. The van der Waals surface area contributed by atoms with Crippen LogP contribution in [-0.4, -0.2) is 33.6 Å². The summed E-state index contributed by atoms with van der Waals surface area (Å²) in [6.07, 6.45) is 5.99. The van der Waals surface area contributed by atoms with Gasteiger partial charge < -0.3 is 4.90 Å². The molecule has 4 nitrogen and oxygen atoms in total. The fraction of sp³-hybridized carbons (Fsp3) is 0.500. The van der Waals surface area contributed by atoms with E-state index in [1.54, 1.807) is 0 Å². The van der Waals surface area contributed by atoms with Gasteiger partial charge in [0.05, 0.1) is 0 Å². The first-order chi connectivity index (χ1) is 11.7. The number of aromatic amines is 1. The molecule has 0 fully saturated rings. The predicted octanol–water partition coefficient (Wildman–Crippen LogP) is 3.77. The molecule has 1 unspecified atom stereocenters. The van der Waals surface area contributed by atoms with Crippen molar-refractivity contribution in [1.29, 1.82) is 0 Å². The number of benzene rings is 1. The molecule has 1 aliphatic rings. The number of carbonyl (C=O) groups excluding carboxylic acids is 1. The first-order valence-corrected chi connectivity index (χ1v) is 9.15. The lowest BCUT2D eigenvalue weighted by Gasteiger charge is -2.34. The number of amides is 1. The maximum atomic E-state index is 13.0. The summed E-state index contributed by atoms with van der Waals surface area (Å²) in [5.74, 6) is 0.0693. The van der Waals surface area contributed by atoms with E-state index < -0.39 is 0 Å². The van der Waals surface area contributed by atoms with Gasteiger partial charge in [0.2, 0.25) is 0 Å². The average Bonchev–Trinajstić information content (AvgIpc) is 3.08. The van der Waals surface area contributed by atoms with Crippen LogP contribution in [0.5, 0.6) is 0 Å². The Bertz CT molecular complexity index is 692. The van der Waals surface area contributed by atoms with Crippen LogP contribution in [-0.2, 0) is 19.3 Å². The van der Waals surface area contributed by atoms with Gasteiger partial charge in [-0.15, -0.1) is 0 Å². The minimum Gasteiger partial charge on any atom is -0.334 e. The number of fused-ring (bicyclic) bond motifs is 1. The number of aromatic nitrogens is 2. The third-order valence-corrected chi connectivity index (χ3v) is 4.86. The Labute approximate surface area is 144 Å². The molecule has 2 aromatic rings. The Morgan fingerprint density at radius 2 is 2.04 bits per heavy atom. The van der Waals surface area contributed by atoms with Gasteiger partial charge in [0, 0.05) is 18.3 Å². The van der Waals surface area contributed by atoms with Crippen molar-refractivity contribution in [2.75, 3.05) is 6.54 Å². The number of rotatable bonds is 6. The lowest BCUT2D eigenvalue weighted by molar-refractivity contribution is 0.0655. The van der Waals surface area contributed by atoms with Gasteiger partial charge >= 0.3 is 0 Å². The highest BCUT2D eigenvalue weighted by Gasteiger charge is 2.28. The van der Waals surface area contributed by atoms with Crippen molar-refractivity contribution < 1.29 is 4.79 Å². The van der Waals surface area contributed by atoms with Gasteiger partial charge in [-0.05, 0) is 49.3 Å². The van der Waals surface area contributed by atoms with Crippen molar-refractivity contribution in [1.82, 2.24) is 15.1 Å². The molecule has 1 atom stereocenters. The summed E-state index contributed by atoms with van der Waals surface area (Å²) in [5.41, 5.74) is 4.43. The molecule has 1 N–H and O–H groups in total. The van der Waals surface area contributed by atoms with Crippen LogP contribution >= 0.6 is 0 Å². The zero-order valence-corrected chi connectivity index (χ0v) is 14.7. The molecule has 1 heterocycles. The van der Waals surface area contributed by atoms with Gasteiger partial charge in [0.15, 0.2) is 0 Å². The van der Waals surface area contributed by atoms with Crippen molar-refractivity contribution in [3.63, 3.8) is 0 Å². The van der Waals surface area contributed by atoms with Gasteiger partial charge in [-0.1, -0.05) is 44.5 Å². The number of hydrogen-bond donors (Lipinski definition) is 1. The molecule has 1 aromatic heterocycles. The van der Waals surface area contributed by atoms with Gasteiger partial charge in [-0.2, -0.15) is 5.10 Å². The van der Waals surface area contributed by atoms with E-state index in [0.717, 1.165) is 50.8 Å². The summed E-state index contributed by atoms with van der Waals surface area (Å²) < 4.78 is 0. The molecule has 4 heteroatoms. The minimum absolute atomic E-state index is 0.0693. The van der Waals surface area contributed by atoms with Crippen LogP contribution in [0.2, 0.25) is 0 Å². The molecule has 3 rings (SSSR count). The average molecular weight is 325 g/mol. The second-order valence-electron chi connectivity index (χ2n) is 6.69.